The van der Waals surface area contributed by atoms with Gasteiger partial charge in [-0.15, -0.1) is 10.2 Å². The van der Waals surface area contributed by atoms with E-state index in [-0.39, 0.29) is 5.75 Å². The van der Waals surface area contributed by atoms with Gasteiger partial charge in [0.05, 0.1) is 16.2 Å². The highest BCUT2D eigenvalue weighted by Gasteiger charge is 2.16. The molecule has 0 N–H and O–H groups in total. The van der Waals surface area contributed by atoms with E-state index in [1.54, 1.807) is 24.3 Å². The average molecular weight is 383 g/mol. The summed E-state index contributed by atoms with van der Waals surface area (Å²) >= 11 is 1.41. The first-order chi connectivity index (χ1) is 12.6. The smallest absolute Gasteiger partial charge is 0.196 e. The number of aromatic nitrogens is 3. The number of hydrogen-bond donors (Lipinski definition) is 0. The van der Waals surface area contributed by atoms with E-state index < -0.39 is 9.84 Å². The number of pyridine rings is 1. The van der Waals surface area contributed by atoms with Crippen molar-refractivity contribution in [1.82, 2.24) is 14.6 Å². The normalized spacial score (nSPS) is 12.0. The Morgan fingerprint density at radius 3 is 2.54 bits per heavy atom. The number of para-hydroxylation sites is 1. The summed E-state index contributed by atoms with van der Waals surface area (Å²) in [4.78, 5) is 0.354. The predicted octanol–water partition coefficient (Wildman–Crippen LogP) is 3.76. The van der Waals surface area contributed by atoms with Gasteiger partial charge in [-0.25, -0.2) is 8.42 Å². The fraction of sp³-hybridized carbons (Fsp3) is 0.158. The van der Waals surface area contributed by atoms with Gasteiger partial charge in [-0.1, -0.05) is 48.2 Å². The highest BCUT2D eigenvalue weighted by atomic mass is 32.2. The first kappa shape index (κ1) is 17.1. The van der Waals surface area contributed by atoms with E-state index in [9.17, 15) is 8.42 Å². The third-order valence-corrected chi connectivity index (χ3v) is 7.18. The third-order valence-electron chi connectivity index (χ3n) is 4.26. The van der Waals surface area contributed by atoms with Crippen molar-refractivity contribution in [2.24, 2.45) is 0 Å². The number of nitrogens with zero attached hydrogens (tertiary/aromatic N) is 3. The van der Waals surface area contributed by atoms with Crippen molar-refractivity contribution in [2.45, 2.75) is 17.0 Å². The fourth-order valence-corrected chi connectivity index (χ4v) is 5.58. The average Bonchev–Trinajstić information content (AvgIpc) is 3.05. The van der Waals surface area contributed by atoms with Crippen LogP contribution in [0.4, 0.5) is 0 Å². The van der Waals surface area contributed by atoms with Gasteiger partial charge in [-0.05, 0) is 36.8 Å². The van der Waals surface area contributed by atoms with Crippen molar-refractivity contribution in [2.75, 3.05) is 11.5 Å². The summed E-state index contributed by atoms with van der Waals surface area (Å²) < 4.78 is 26.8. The summed E-state index contributed by atoms with van der Waals surface area (Å²) in [6, 6.07) is 18.6. The van der Waals surface area contributed by atoms with E-state index in [2.05, 4.69) is 23.2 Å². The van der Waals surface area contributed by atoms with E-state index in [0.717, 1.165) is 22.1 Å². The summed E-state index contributed by atoms with van der Waals surface area (Å²) in [5.74, 6) is 0.473. The Morgan fingerprint density at radius 2 is 1.73 bits per heavy atom. The zero-order valence-corrected chi connectivity index (χ0v) is 15.8. The largest absolute Gasteiger partial charge is 0.270 e. The molecule has 0 aliphatic rings. The molecule has 0 bridgehead atoms. The maximum absolute atomic E-state index is 12.4. The van der Waals surface area contributed by atoms with Crippen LogP contribution >= 0.6 is 11.8 Å². The molecule has 26 heavy (non-hydrogen) atoms. The molecule has 0 amide bonds. The van der Waals surface area contributed by atoms with Gasteiger partial charge in [0.25, 0.3) is 0 Å². The molecule has 5 nitrogen and oxygen atoms in total. The van der Waals surface area contributed by atoms with Gasteiger partial charge >= 0.3 is 0 Å². The highest BCUT2D eigenvalue weighted by Crippen LogP contribution is 2.26. The molecule has 0 aliphatic heterocycles. The van der Waals surface area contributed by atoms with Crippen LogP contribution in [0.5, 0.6) is 0 Å². The van der Waals surface area contributed by atoms with Crippen LogP contribution in [0.2, 0.25) is 0 Å². The Hall–Kier alpha value is -2.38. The monoisotopic (exact) mass is 383 g/mol. The number of benzene rings is 2. The fourth-order valence-electron chi connectivity index (χ4n) is 2.96. The summed E-state index contributed by atoms with van der Waals surface area (Å²) in [6.45, 7) is 2.05. The maximum Gasteiger partial charge on any atom is 0.196 e. The molecule has 0 spiro atoms. The second kappa shape index (κ2) is 6.74. The molecule has 132 valence electrons. The lowest BCUT2D eigenvalue weighted by molar-refractivity contribution is 0.597. The molecule has 0 fully saturated rings. The lowest BCUT2D eigenvalue weighted by Gasteiger charge is -2.07. The van der Waals surface area contributed by atoms with Crippen molar-refractivity contribution in [3.8, 4) is 0 Å². The van der Waals surface area contributed by atoms with Crippen LogP contribution in [0, 0.1) is 6.92 Å². The van der Waals surface area contributed by atoms with E-state index in [4.69, 9.17) is 0 Å². The highest BCUT2D eigenvalue weighted by molar-refractivity contribution is 8.00. The van der Waals surface area contributed by atoms with Gasteiger partial charge in [-0.2, -0.15) is 0 Å². The molecule has 0 atom stereocenters. The molecule has 0 unspecified atom stereocenters. The second-order valence-corrected chi connectivity index (χ2v) is 9.17. The van der Waals surface area contributed by atoms with Gasteiger partial charge in [0.2, 0.25) is 0 Å². The summed E-state index contributed by atoms with van der Waals surface area (Å²) in [7, 11) is -3.29. The molecule has 0 saturated carbocycles. The minimum absolute atomic E-state index is 0.0559. The van der Waals surface area contributed by atoms with Crippen molar-refractivity contribution in [3.05, 3.63) is 66.2 Å². The number of aryl methyl sites for hydroxylation is 1. The van der Waals surface area contributed by atoms with Crippen LogP contribution in [0.25, 0.3) is 16.6 Å². The van der Waals surface area contributed by atoms with Crippen LogP contribution < -0.4 is 0 Å². The number of hydrogen-bond acceptors (Lipinski definition) is 5. The standard InChI is InChI=1S/C19H17N3O2S2/c1-14-13-18-20-21-19(22(18)17-10-6-5-9-16(14)17)25-11-12-26(23,24)15-7-3-2-4-8-15/h2-10,13H,11-12H2,1H3. The number of sulfone groups is 1. The Labute approximate surface area is 156 Å². The van der Waals surface area contributed by atoms with Gasteiger partial charge in [0, 0.05) is 11.1 Å². The molecule has 7 heteroatoms. The van der Waals surface area contributed by atoms with Crippen LogP contribution in [-0.4, -0.2) is 34.5 Å². The van der Waals surface area contributed by atoms with E-state index in [0.29, 0.717) is 15.8 Å². The molecule has 4 rings (SSSR count). The van der Waals surface area contributed by atoms with Crippen molar-refractivity contribution in [3.63, 3.8) is 0 Å². The van der Waals surface area contributed by atoms with E-state index in [1.807, 2.05) is 34.7 Å². The molecule has 2 aromatic heterocycles. The first-order valence-corrected chi connectivity index (χ1v) is 10.8. The summed E-state index contributed by atoms with van der Waals surface area (Å²) in [5.41, 5.74) is 2.94. The SMILES string of the molecule is Cc1cc2nnc(SCCS(=O)(=O)c3ccccc3)n2c2ccccc12. The molecule has 0 radical (unpaired) electrons. The van der Waals surface area contributed by atoms with Gasteiger partial charge < -0.3 is 0 Å². The minimum atomic E-state index is -3.29. The Balaban J connectivity index is 1.62. The molecule has 4 aromatic rings. The zero-order chi connectivity index (χ0) is 18.1. The Morgan fingerprint density at radius 1 is 1.00 bits per heavy atom. The maximum atomic E-state index is 12.4. The Bertz CT molecular complexity index is 1190. The zero-order valence-electron chi connectivity index (χ0n) is 14.2. The molecule has 0 saturated heterocycles. The topological polar surface area (TPSA) is 64.3 Å². The molecule has 0 aliphatic carbocycles. The lowest BCUT2D eigenvalue weighted by Crippen LogP contribution is -2.09. The lowest BCUT2D eigenvalue weighted by atomic mass is 10.1. The molecule has 2 heterocycles. The number of thioether (sulfide) groups is 1. The summed E-state index contributed by atoms with van der Waals surface area (Å²) in [6.07, 6.45) is 0. The van der Waals surface area contributed by atoms with Gasteiger partial charge in [-0.3, -0.25) is 4.40 Å². The minimum Gasteiger partial charge on any atom is -0.270 e. The first-order valence-electron chi connectivity index (χ1n) is 8.20. The third kappa shape index (κ3) is 3.08. The van der Waals surface area contributed by atoms with Crippen LogP contribution in [0.15, 0.2) is 70.7 Å². The molecular weight excluding hydrogens is 366 g/mol. The van der Waals surface area contributed by atoms with Crippen molar-refractivity contribution >= 4 is 38.1 Å². The van der Waals surface area contributed by atoms with Crippen LogP contribution in [0.3, 0.4) is 0 Å². The van der Waals surface area contributed by atoms with Crippen LogP contribution in [-0.2, 0) is 9.84 Å². The number of fused-ring (bicyclic) bond motifs is 3. The number of rotatable bonds is 5. The van der Waals surface area contributed by atoms with Crippen LogP contribution in [0.1, 0.15) is 5.56 Å². The quantitative estimate of drug-likeness (QED) is 0.491. The Kier molecular flexibility index (Phi) is 4.42. The van der Waals surface area contributed by atoms with Crippen molar-refractivity contribution in [1.29, 1.82) is 0 Å². The summed E-state index contributed by atoms with van der Waals surface area (Å²) in [5, 5.41) is 10.4. The second-order valence-electron chi connectivity index (χ2n) is 6.00. The van der Waals surface area contributed by atoms with Gasteiger partial charge in [0.1, 0.15) is 0 Å². The van der Waals surface area contributed by atoms with Gasteiger partial charge in [0.15, 0.2) is 20.6 Å². The van der Waals surface area contributed by atoms with Crippen molar-refractivity contribution < 1.29 is 8.42 Å². The molecular formula is C19H17N3O2S2. The van der Waals surface area contributed by atoms with E-state index in [1.165, 1.54) is 11.8 Å². The van der Waals surface area contributed by atoms with E-state index >= 15 is 0 Å². The molecule has 2 aromatic carbocycles. The predicted molar refractivity (Wildman–Crippen MR) is 104 cm³/mol.